The molecule has 0 aliphatic heterocycles. The summed E-state index contributed by atoms with van der Waals surface area (Å²) < 4.78 is 23.8. The molecule has 4 rings (SSSR count). The van der Waals surface area contributed by atoms with E-state index >= 15 is 0 Å². The molecule has 1 amide bonds. The van der Waals surface area contributed by atoms with E-state index in [1.807, 2.05) is 32.0 Å². The van der Waals surface area contributed by atoms with E-state index in [2.05, 4.69) is 76.2 Å². The number of hydrogen-bond donors (Lipinski definition) is 1. The predicted molar refractivity (Wildman–Crippen MR) is 173 cm³/mol. The van der Waals surface area contributed by atoms with Gasteiger partial charge in [-0.2, -0.15) is 10.2 Å². The lowest BCUT2D eigenvalue weighted by Crippen LogP contribution is -2.49. The molecule has 0 fully saturated rings. The van der Waals surface area contributed by atoms with Gasteiger partial charge in [-0.3, -0.25) is 0 Å². The third kappa shape index (κ3) is 7.51. The summed E-state index contributed by atoms with van der Waals surface area (Å²) in [6.45, 7) is 21.4. The van der Waals surface area contributed by atoms with Crippen molar-refractivity contribution in [3.63, 3.8) is 0 Å². The van der Waals surface area contributed by atoms with Gasteiger partial charge in [0.15, 0.2) is 8.32 Å². The molecule has 1 aliphatic carbocycles. The standard InChI is InChI=1S/C34H46N4O5Si/c1-21(2)41-28-17-14-22(18-23(28)19-35)31-37-30(38-42-31)26-13-11-12-25-24(26)15-16-27(25)36-32(39)40-20-29(33(3,4)5)43-44(9,10)34(6,7)8/h11-14,17-18,21,27,29H,15-16,20H2,1-10H3,(H,36,39)/t27?,29-/m1/s1. The molecule has 0 saturated carbocycles. The van der Waals surface area contributed by atoms with E-state index in [1.165, 1.54) is 0 Å². The number of aromatic nitrogens is 2. The number of rotatable bonds is 9. The van der Waals surface area contributed by atoms with Crippen molar-refractivity contribution in [2.75, 3.05) is 6.61 Å². The van der Waals surface area contributed by atoms with Gasteiger partial charge in [-0.15, -0.1) is 0 Å². The van der Waals surface area contributed by atoms with Crippen LogP contribution in [0.5, 0.6) is 5.75 Å². The van der Waals surface area contributed by atoms with Gasteiger partial charge in [0, 0.05) is 11.1 Å². The van der Waals surface area contributed by atoms with E-state index in [0.29, 0.717) is 28.6 Å². The van der Waals surface area contributed by atoms with E-state index in [-0.39, 0.29) is 35.3 Å². The van der Waals surface area contributed by atoms with Crippen LogP contribution in [0.15, 0.2) is 40.9 Å². The highest BCUT2D eigenvalue weighted by molar-refractivity contribution is 6.74. The largest absolute Gasteiger partial charge is 0.490 e. The summed E-state index contributed by atoms with van der Waals surface area (Å²) in [4.78, 5) is 17.7. The number of fused-ring (bicyclic) bond motifs is 1. The van der Waals surface area contributed by atoms with Gasteiger partial charge in [-0.1, -0.05) is 64.9 Å². The summed E-state index contributed by atoms with van der Waals surface area (Å²) in [6.07, 6.45) is 0.760. The molecule has 1 unspecified atom stereocenters. The first-order valence-electron chi connectivity index (χ1n) is 15.3. The first kappa shape index (κ1) is 33.2. The molecule has 0 spiro atoms. The van der Waals surface area contributed by atoms with Crippen molar-refractivity contribution >= 4 is 14.4 Å². The molecule has 236 valence electrons. The van der Waals surface area contributed by atoms with Gasteiger partial charge >= 0.3 is 6.09 Å². The zero-order valence-electron chi connectivity index (χ0n) is 27.7. The van der Waals surface area contributed by atoms with E-state index in [9.17, 15) is 10.1 Å². The summed E-state index contributed by atoms with van der Waals surface area (Å²) in [5, 5.41) is 17.0. The van der Waals surface area contributed by atoms with Crippen molar-refractivity contribution < 1.29 is 23.2 Å². The number of carbonyl (C=O) groups is 1. The summed E-state index contributed by atoms with van der Waals surface area (Å²) in [5.74, 6) is 1.28. The lowest BCUT2D eigenvalue weighted by Gasteiger charge is -2.43. The second kappa shape index (κ2) is 12.7. The Morgan fingerprint density at radius 1 is 1.16 bits per heavy atom. The molecule has 10 heteroatoms. The Hall–Kier alpha value is -3.68. The fraction of sp³-hybridized carbons (Fsp3) is 0.529. The molecule has 1 aromatic heterocycles. The van der Waals surface area contributed by atoms with Crippen LogP contribution in [0.3, 0.4) is 0 Å². The minimum Gasteiger partial charge on any atom is -0.490 e. The molecule has 44 heavy (non-hydrogen) atoms. The van der Waals surface area contributed by atoms with Crippen LogP contribution in [0.25, 0.3) is 22.8 Å². The van der Waals surface area contributed by atoms with E-state index < -0.39 is 14.4 Å². The number of amides is 1. The Morgan fingerprint density at radius 3 is 2.52 bits per heavy atom. The van der Waals surface area contributed by atoms with Gasteiger partial charge in [-0.05, 0) is 79.6 Å². The summed E-state index contributed by atoms with van der Waals surface area (Å²) in [6, 6.07) is 13.1. The average Bonchev–Trinajstić information content (AvgIpc) is 3.57. The Kier molecular flexibility index (Phi) is 9.62. The smallest absolute Gasteiger partial charge is 0.407 e. The molecule has 0 saturated heterocycles. The molecular formula is C34H46N4O5Si. The summed E-state index contributed by atoms with van der Waals surface area (Å²) in [5.41, 5.74) is 3.78. The number of ether oxygens (including phenoxy) is 2. The van der Waals surface area contributed by atoms with Crippen LogP contribution in [-0.2, 0) is 15.6 Å². The number of nitrogens with zero attached hydrogens (tertiary/aromatic N) is 3. The third-order valence-corrected chi connectivity index (χ3v) is 13.0. The van der Waals surface area contributed by atoms with Crippen molar-refractivity contribution in [2.45, 2.75) is 105 Å². The second-order valence-electron chi connectivity index (χ2n) is 14.4. The minimum atomic E-state index is -2.06. The molecule has 0 radical (unpaired) electrons. The molecule has 1 heterocycles. The number of carbonyl (C=O) groups excluding carboxylic acids is 1. The Balaban J connectivity index is 1.46. The number of nitriles is 1. The van der Waals surface area contributed by atoms with Crippen molar-refractivity contribution in [2.24, 2.45) is 5.41 Å². The van der Waals surface area contributed by atoms with Crippen molar-refractivity contribution in [1.29, 1.82) is 5.26 Å². The van der Waals surface area contributed by atoms with Crippen molar-refractivity contribution in [3.05, 3.63) is 53.1 Å². The Labute approximate surface area is 262 Å². The quantitative estimate of drug-likeness (QED) is 0.238. The van der Waals surface area contributed by atoms with Gasteiger partial charge in [0.2, 0.25) is 5.82 Å². The van der Waals surface area contributed by atoms with E-state index in [4.69, 9.17) is 18.4 Å². The van der Waals surface area contributed by atoms with Crippen LogP contribution in [-0.4, -0.2) is 43.4 Å². The highest BCUT2D eigenvalue weighted by atomic mass is 28.4. The van der Waals surface area contributed by atoms with Crippen LogP contribution >= 0.6 is 0 Å². The SMILES string of the molecule is CC(C)Oc1ccc(-c2nc(-c3cccc4c3CCC4NC(=O)OC[C@@H](O[Si](C)(C)C(C)(C)C)C(C)(C)C)no2)cc1C#N. The minimum absolute atomic E-state index is 0.0509. The molecule has 2 atom stereocenters. The van der Waals surface area contributed by atoms with Gasteiger partial charge in [0.1, 0.15) is 18.4 Å². The number of hydrogen-bond acceptors (Lipinski definition) is 8. The topological polar surface area (TPSA) is 120 Å². The number of benzene rings is 2. The normalized spacial score (nSPS) is 15.9. The summed E-state index contributed by atoms with van der Waals surface area (Å²) >= 11 is 0. The first-order chi connectivity index (χ1) is 20.5. The average molecular weight is 619 g/mol. The number of alkyl carbamates (subject to hydrolysis) is 1. The van der Waals surface area contributed by atoms with Crippen LogP contribution in [0.2, 0.25) is 18.1 Å². The molecular weight excluding hydrogens is 572 g/mol. The molecule has 3 aromatic rings. The summed E-state index contributed by atoms with van der Waals surface area (Å²) in [7, 11) is -2.06. The fourth-order valence-electron chi connectivity index (χ4n) is 4.90. The lowest BCUT2D eigenvalue weighted by atomic mass is 9.90. The highest BCUT2D eigenvalue weighted by Gasteiger charge is 2.42. The molecule has 1 N–H and O–H groups in total. The van der Waals surface area contributed by atoms with Gasteiger partial charge in [0.05, 0.1) is 23.8 Å². The molecule has 0 bridgehead atoms. The van der Waals surface area contributed by atoms with Gasteiger partial charge in [0.25, 0.3) is 5.89 Å². The zero-order chi connectivity index (χ0) is 32.4. The van der Waals surface area contributed by atoms with Crippen molar-refractivity contribution in [3.8, 4) is 34.7 Å². The lowest BCUT2D eigenvalue weighted by molar-refractivity contribution is 0.0118. The third-order valence-electron chi connectivity index (χ3n) is 8.51. The maximum Gasteiger partial charge on any atom is 0.407 e. The Bertz CT molecular complexity index is 1530. The van der Waals surface area contributed by atoms with Crippen LogP contribution in [0.4, 0.5) is 4.79 Å². The zero-order valence-corrected chi connectivity index (χ0v) is 28.7. The maximum atomic E-state index is 13.0. The van der Waals surface area contributed by atoms with E-state index in [1.54, 1.807) is 18.2 Å². The monoisotopic (exact) mass is 618 g/mol. The van der Waals surface area contributed by atoms with Crippen LogP contribution in [0, 0.1) is 16.7 Å². The van der Waals surface area contributed by atoms with Crippen LogP contribution < -0.4 is 10.1 Å². The number of nitrogens with one attached hydrogen (secondary N) is 1. The first-order valence-corrected chi connectivity index (χ1v) is 18.2. The fourth-order valence-corrected chi connectivity index (χ4v) is 6.39. The van der Waals surface area contributed by atoms with Gasteiger partial charge < -0.3 is 23.7 Å². The van der Waals surface area contributed by atoms with Crippen LogP contribution in [0.1, 0.15) is 84.5 Å². The predicted octanol–water partition coefficient (Wildman–Crippen LogP) is 8.21. The molecule has 2 aromatic carbocycles. The van der Waals surface area contributed by atoms with Gasteiger partial charge in [-0.25, -0.2) is 4.79 Å². The highest BCUT2D eigenvalue weighted by Crippen LogP contribution is 2.40. The molecule has 1 aliphatic rings. The maximum absolute atomic E-state index is 13.0. The van der Waals surface area contributed by atoms with E-state index in [0.717, 1.165) is 29.5 Å². The molecule has 9 nitrogen and oxygen atoms in total. The second-order valence-corrected chi connectivity index (χ2v) is 19.1. The Morgan fingerprint density at radius 2 is 1.89 bits per heavy atom. The van der Waals surface area contributed by atoms with Crippen molar-refractivity contribution in [1.82, 2.24) is 15.5 Å².